The highest BCUT2D eigenvalue weighted by molar-refractivity contribution is 9.10. The molecule has 0 bridgehead atoms. The molecule has 112 valence electrons. The minimum absolute atomic E-state index is 0.0983. The molecule has 0 radical (unpaired) electrons. The number of nitrogens with one attached hydrogen (secondary N) is 1. The molecule has 0 saturated heterocycles. The molecule has 1 aromatic heterocycles. The molecule has 0 aliphatic carbocycles. The Morgan fingerprint density at radius 2 is 2.10 bits per heavy atom. The van der Waals surface area contributed by atoms with Gasteiger partial charge in [0.15, 0.2) is 0 Å². The lowest BCUT2D eigenvalue weighted by atomic mass is 10.2. The van der Waals surface area contributed by atoms with Crippen molar-refractivity contribution in [1.29, 1.82) is 0 Å². The van der Waals surface area contributed by atoms with Gasteiger partial charge in [0, 0.05) is 18.9 Å². The van der Waals surface area contributed by atoms with Gasteiger partial charge in [-0.15, -0.1) is 0 Å². The van der Waals surface area contributed by atoms with Gasteiger partial charge in [-0.05, 0) is 53.0 Å². The van der Waals surface area contributed by atoms with Gasteiger partial charge in [0.05, 0.1) is 11.1 Å². The smallest absolute Gasteiger partial charge is 0.374 e. The molecule has 5 nitrogen and oxygen atoms in total. The first kappa shape index (κ1) is 15.6. The van der Waals surface area contributed by atoms with Gasteiger partial charge in [-0.1, -0.05) is 0 Å². The zero-order valence-corrected chi connectivity index (χ0v) is 13.5. The maximum absolute atomic E-state index is 11.9. The van der Waals surface area contributed by atoms with E-state index in [-0.39, 0.29) is 18.3 Å². The maximum atomic E-state index is 11.9. The molecule has 21 heavy (non-hydrogen) atoms. The van der Waals surface area contributed by atoms with E-state index in [9.17, 15) is 9.59 Å². The molecule has 6 heteroatoms. The number of hydrogen-bond donors (Lipinski definition) is 1. The summed E-state index contributed by atoms with van der Waals surface area (Å²) in [5.74, 6) is -0.423. The van der Waals surface area contributed by atoms with Crippen LogP contribution in [-0.2, 0) is 9.53 Å². The summed E-state index contributed by atoms with van der Waals surface area (Å²) < 4.78 is 11.4. The van der Waals surface area contributed by atoms with Crippen LogP contribution in [0.2, 0.25) is 0 Å². The van der Waals surface area contributed by atoms with Gasteiger partial charge < -0.3 is 14.5 Å². The van der Waals surface area contributed by atoms with E-state index in [0.717, 1.165) is 15.4 Å². The van der Waals surface area contributed by atoms with Gasteiger partial charge in [-0.25, -0.2) is 4.79 Å². The maximum Gasteiger partial charge on any atom is 0.374 e. The van der Waals surface area contributed by atoms with Crippen LogP contribution in [0.5, 0.6) is 0 Å². The fraction of sp³-hybridized carbons (Fsp3) is 0.333. The van der Waals surface area contributed by atoms with E-state index in [1.807, 2.05) is 19.1 Å². The summed E-state index contributed by atoms with van der Waals surface area (Å²) >= 11 is 3.41. The lowest BCUT2D eigenvalue weighted by Crippen LogP contribution is -2.22. The fourth-order valence-corrected chi connectivity index (χ4v) is 2.60. The zero-order chi connectivity index (χ0) is 15.4. The number of esters is 1. The molecule has 0 spiro atoms. The molecule has 0 aliphatic heterocycles. The Kier molecular flexibility index (Phi) is 5.01. The second-order valence-corrected chi connectivity index (χ2v) is 5.60. The van der Waals surface area contributed by atoms with Crippen LogP contribution in [0.1, 0.15) is 29.5 Å². The lowest BCUT2D eigenvalue weighted by molar-refractivity contribution is -0.118. The minimum Gasteiger partial charge on any atom is -0.460 e. The van der Waals surface area contributed by atoms with Crippen LogP contribution in [0, 0.1) is 6.92 Å². The summed E-state index contributed by atoms with van der Waals surface area (Å²) in [5, 5.41) is 3.49. The highest BCUT2D eigenvalue weighted by Gasteiger charge is 2.15. The summed E-state index contributed by atoms with van der Waals surface area (Å²) in [7, 11) is 0. The molecule has 0 saturated carbocycles. The molecule has 1 N–H and O–H groups in total. The van der Waals surface area contributed by atoms with Crippen LogP contribution in [0.15, 0.2) is 27.1 Å². The molecule has 0 aliphatic rings. The average Bonchev–Trinajstić information content (AvgIpc) is 2.82. The number of aryl methyl sites for hydroxylation is 1. The normalized spacial score (nSPS) is 10.6. The van der Waals surface area contributed by atoms with E-state index in [1.54, 1.807) is 6.07 Å². The molecule has 0 fully saturated rings. The molecule has 1 heterocycles. The summed E-state index contributed by atoms with van der Waals surface area (Å²) in [6, 6.07) is 5.54. The summed E-state index contributed by atoms with van der Waals surface area (Å²) in [6.07, 6.45) is 0.564. The third kappa shape index (κ3) is 4.07. The van der Waals surface area contributed by atoms with Crippen LogP contribution in [-0.4, -0.2) is 25.0 Å². The number of fused-ring (bicyclic) bond motifs is 1. The van der Waals surface area contributed by atoms with Gasteiger partial charge in [0.1, 0.15) is 5.58 Å². The Bertz CT molecular complexity index is 678. The third-order valence-electron chi connectivity index (χ3n) is 2.84. The van der Waals surface area contributed by atoms with Crippen molar-refractivity contribution in [3.8, 4) is 0 Å². The van der Waals surface area contributed by atoms with E-state index in [0.29, 0.717) is 18.5 Å². The monoisotopic (exact) mass is 353 g/mol. The van der Waals surface area contributed by atoms with Gasteiger partial charge >= 0.3 is 5.97 Å². The van der Waals surface area contributed by atoms with E-state index < -0.39 is 5.97 Å². The summed E-state index contributed by atoms with van der Waals surface area (Å²) in [4.78, 5) is 22.6. The lowest BCUT2D eigenvalue weighted by Gasteiger charge is -2.03. The number of carbonyl (C=O) groups excluding carboxylic acids is 2. The molecule has 1 aromatic carbocycles. The van der Waals surface area contributed by atoms with Crippen molar-refractivity contribution in [1.82, 2.24) is 5.32 Å². The first-order chi connectivity index (χ1) is 9.97. The molecule has 0 atom stereocenters. The Hall–Kier alpha value is -1.82. The number of benzene rings is 1. The van der Waals surface area contributed by atoms with E-state index in [1.165, 1.54) is 6.92 Å². The highest BCUT2D eigenvalue weighted by Crippen LogP contribution is 2.29. The highest BCUT2D eigenvalue weighted by atomic mass is 79.9. The molecule has 2 aromatic rings. The molecular formula is C15H16BrNO4. The van der Waals surface area contributed by atoms with Crippen LogP contribution in [0.3, 0.4) is 0 Å². The van der Waals surface area contributed by atoms with Gasteiger partial charge in [-0.2, -0.15) is 0 Å². The van der Waals surface area contributed by atoms with Crippen molar-refractivity contribution in [2.75, 3.05) is 13.2 Å². The largest absolute Gasteiger partial charge is 0.460 e. The first-order valence-electron chi connectivity index (χ1n) is 6.58. The Labute approximate surface area is 130 Å². The predicted molar refractivity (Wildman–Crippen MR) is 82.2 cm³/mol. The van der Waals surface area contributed by atoms with E-state index >= 15 is 0 Å². The number of carbonyl (C=O) groups is 2. The van der Waals surface area contributed by atoms with Crippen molar-refractivity contribution in [3.63, 3.8) is 0 Å². The van der Waals surface area contributed by atoms with Gasteiger partial charge in [0.2, 0.25) is 11.7 Å². The van der Waals surface area contributed by atoms with Gasteiger partial charge in [-0.3, -0.25) is 4.79 Å². The second-order valence-electron chi connectivity index (χ2n) is 4.75. The van der Waals surface area contributed by atoms with Crippen molar-refractivity contribution in [3.05, 3.63) is 34.0 Å². The van der Waals surface area contributed by atoms with Crippen molar-refractivity contribution in [2.24, 2.45) is 0 Å². The average molecular weight is 354 g/mol. The van der Waals surface area contributed by atoms with Crippen LogP contribution < -0.4 is 5.32 Å². The minimum atomic E-state index is -0.501. The fourth-order valence-electron chi connectivity index (χ4n) is 1.92. The number of hydrogen-bond acceptors (Lipinski definition) is 4. The number of amides is 1. The number of ether oxygens (including phenoxy) is 1. The van der Waals surface area contributed by atoms with E-state index in [4.69, 9.17) is 9.15 Å². The van der Waals surface area contributed by atoms with Crippen LogP contribution in [0.4, 0.5) is 0 Å². The Morgan fingerprint density at radius 3 is 2.81 bits per heavy atom. The van der Waals surface area contributed by atoms with Crippen LogP contribution in [0.25, 0.3) is 11.0 Å². The van der Waals surface area contributed by atoms with Gasteiger partial charge in [0.25, 0.3) is 0 Å². The standard InChI is InChI=1S/C15H16BrNO4/c1-9-6-11-8-13(21-14(11)12(16)7-9)15(19)20-5-3-4-17-10(2)18/h6-8H,3-5H2,1-2H3,(H,17,18). The molecule has 1 amide bonds. The Balaban J connectivity index is 1.97. The summed E-state index contributed by atoms with van der Waals surface area (Å²) in [5.41, 5.74) is 1.70. The quantitative estimate of drug-likeness (QED) is 0.661. The van der Waals surface area contributed by atoms with Crippen molar-refractivity contribution < 1.29 is 18.7 Å². The third-order valence-corrected chi connectivity index (χ3v) is 3.43. The molecule has 0 unspecified atom stereocenters. The number of furan rings is 1. The molecule has 2 rings (SSSR count). The van der Waals surface area contributed by atoms with Crippen molar-refractivity contribution in [2.45, 2.75) is 20.3 Å². The zero-order valence-electron chi connectivity index (χ0n) is 11.9. The summed E-state index contributed by atoms with van der Waals surface area (Å²) in [6.45, 7) is 4.13. The number of halogens is 1. The number of rotatable bonds is 5. The Morgan fingerprint density at radius 1 is 1.33 bits per heavy atom. The van der Waals surface area contributed by atoms with Crippen LogP contribution >= 0.6 is 15.9 Å². The molecular weight excluding hydrogens is 338 g/mol. The predicted octanol–water partition coefficient (Wildman–Crippen LogP) is 3.19. The SMILES string of the molecule is CC(=O)NCCCOC(=O)c1cc2cc(C)cc(Br)c2o1. The first-order valence-corrected chi connectivity index (χ1v) is 7.38. The van der Waals surface area contributed by atoms with Crippen molar-refractivity contribution >= 4 is 38.8 Å². The second kappa shape index (κ2) is 6.76. The van der Waals surface area contributed by atoms with E-state index in [2.05, 4.69) is 21.2 Å². The topological polar surface area (TPSA) is 68.5 Å².